The molecule has 4 heterocycles. The van der Waals surface area contributed by atoms with Crippen LogP contribution in [-0.2, 0) is 4.74 Å². The third kappa shape index (κ3) is 3.05. The van der Waals surface area contributed by atoms with Crippen LogP contribution in [0.1, 0.15) is 37.2 Å². The molecule has 2 atom stereocenters. The molecule has 2 aromatic heterocycles. The molecule has 4 aliphatic rings. The molecule has 3 aromatic rings. The first-order chi connectivity index (χ1) is 15.3. The molecule has 1 aromatic carbocycles. The van der Waals surface area contributed by atoms with E-state index < -0.39 is 0 Å². The van der Waals surface area contributed by atoms with E-state index in [0.29, 0.717) is 11.5 Å². The van der Waals surface area contributed by atoms with E-state index in [2.05, 4.69) is 49.1 Å². The van der Waals surface area contributed by atoms with Gasteiger partial charge in [0.2, 0.25) is 0 Å². The van der Waals surface area contributed by atoms with Crippen LogP contribution in [0.5, 0.6) is 0 Å². The normalized spacial score (nSPS) is 27.3. The first-order valence-corrected chi connectivity index (χ1v) is 11.7. The Bertz CT molecular complexity index is 1120. The van der Waals surface area contributed by atoms with E-state index in [1.165, 1.54) is 30.2 Å². The van der Waals surface area contributed by atoms with Gasteiger partial charge in [0.25, 0.3) is 0 Å². The number of benzene rings is 1. The second-order valence-electron chi connectivity index (χ2n) is 9.77. The quantitative estimate of drug-likeness (QED) is 0.652. The Balaban J connectivity index is 1.14. The number of hydrogen-bond donors (Lipinski definition) is 0. The van der Waals surface area contributed by atoms with Crippen molar-refractivity contribution in [2.24, 2.45) is 5.41 Å². The van der Waals surface area contributed by atoms with E-state index in [1.54, 1.807) is 6.33 Å². The summed E-state index contributed by atoms with van der Waals surface area (Å²) in [6.45, 7) is 5.88. The lowest BCUT2D eigenvalue weighted by Crippen LogP contribution is -2.50. The maximum Gasteiger partial charge on any atom is 0.159 e. The summed E-state index contributed by atoms with van der Waals surface area (Å²) >= 11 is 0. The number of piperazine rings is 1. The summed E-state index contributed by atoms with van der Waals surface area (Å²) < 4.78 is 7.55. The number of ether oxygens (including phenoxy) is 1. The minimum absolute atomic E-state index is 0.592. The Hall–Kier alpha value is -2.51. The van der Waals surface area contributed by atoms with Gasteiger partial charge in [0.15, 0.2) is 5.82 Å². The smallest absolute Gasteiger partial charge is 0.159 e. The maximum atomic E-state index is 5.57. The average molecular weight is 417 g/mol. The molecule has 0 bridgehead atoms. The van der Waals surface area contributed by atoms with E-state index in [9.17, 15) is 0 Å². The van der Waals surface area contributed by atoms with Crippen LogP contribution in [0.3, 0.4) is 0 Å². The average Bonchev–Trinajstić information content (AvgIpc) is 3.59. The van der Waals surface area contributed by atoms with Gasteiger partial charge < -0.3 is 9.64 Å². The van der Waals surface area contributed by atoms with Gasteiger partial charge in [-0.25, -0.2) is 14.6 Å². The van der Waals surface area contributed by atoms with Crippen molar-refractivity contribution in [2.75, 3.05) is 44.3 Å². The van der Waals surface area contributed by atoms with E-state index in [1.807, 2.05) is 10.9 Å². The summed E-state index contributed by atoms with van der Waals surface area (Å²) in [5.41, 5.74) is 3.27. The zero-order chi connectivity index (χ0) is 20.4. The molecule has 0 amide bonds. The van der Waals surface area contributed by atoms with Crippen LogP contribution in [0, 0.1) is 5.41 Å². The predicted molar refractivity (Wildman–Crippen MR) is 119 cm³/mol. The molecule has 2 aliphatic carbocycles. The lowest BCUT2D eigenvalue weighted by atomic mass is 10.1. The van der Waals surface area contributed by atoms with E-state index in [0.717, 1.165) is 68.9 Å². The van der Waals surface area contributed by atoms with Crippen LogP contribution in [-0.4, -0.2) is 70.1 Å². The molecule has 4 fully saturated rings. The Morgan fingerprint density at radius 3 is 2.65 bits per heavy atom. The molecule has 160 valence electrons. The van der Waals surface area contributed by atoms with Crippen LogP contribution in [0.4, 0.5) is 5.82 Å². The molecule has 7 heteroatoms. The molecule has 7 nitrogen and oxygen atoms in total. The highest BCUT2D eigenvalue weighted by Crippen LogP contribution is 2.75. The Morgan fingerprint density at radius 2 is 1.87 bits per heavy atom. The number of aromatic nitrogens is 4. The molecule has 1 spiro atoms. The van der Waals surface area contributed by atoms with Gasteiger partial charge >= 0.3 is 0 Å². The SMILES string of the molecule is c1nc(N2CCN(C3CCOC3)CC2)cc(-n2ncc3ccc(C4CC45CC5)cc32)n1. The highest BCUT2D eigenvalue weighted by atomic mass is 16.5. The second kappa shape index (κ2) is 6.74. The number of nitrogens with zero attached hydrogens (tertiary/aromatic N) is 6. The van der Waals surface area contributed by atoms with E-state index in [4.69, 9.17) is 4.74 Å². The fourth-order valence-corrected chi connectivity index (χ4v) is 5.72. The minimum atomic E-state index is 0.592. The molecule has 2 aliphatic heterocycles. The summed E-state index contributed by atoms with van der Waals surface area (Å²) in [6.07, 6.45) is 8.97. The first-order valence-electron chi connectivity index (χ1n) is 11.7. The molecule has 2 saturated heterocycles. The van der Waals surface area contributed by atoms with Crippen LogP contribution < -0.4 is 4.90 Å². The van der Waals surface area contributed by atoms with Gasteiger partial charge in [-0.3, -0.25) is 4.90 Å². The van der Waals surface area contributed by atoms with Gasteiger partial charge in [-0.15, -0.1) is 0 Å². The van der Waals surface area contributed by atoms with Crippen molar-refractivity contribution < 1.29 is 4.74 Å². The maximum absolute atomic E-state index is 5.57. The van der Waals surface area contributed by atoms with E-state index in [-0.39, 0.29) is 0 Å². The van der Waals surface area contributed by atoms with Crippen molar-refractivity contribution in [3.63, 3.8) is 0 Å². The van der Waals surface area contributed by atoms with Crippen molar-refractivity contribution in [3.8, 4) is 5.82 Å². The molecule has 31 heavy (non-hydrogen) atoms. The number of fused-ring (bicyclic) bond motifs is 1. The van der Waals surface area contributed by atoms with Crippen LogP contribution in [0.15, 0.2) is 36.8 Å². The van der Waals surface area contributed by atoms with Crippen molar-refractivity contribution in [1.82, 2.24) is 24.6 Å². The van der Waals surface area contributed by atoms with Gasteiger partial charge in [-0.05, 0) is 48.6 Å². The largest absolute Gasteiger partial charge is 0.380 e. The van der Waals surface area contributed by atoms with Crippen LogP contribution in [0.25, 0.3) is 16.7 Å². The molecule has 0 radical (unpaired) electrons. The number of rotatable bonds is 4. The molecule has 0 N–H and O–H groups in total. The fourth-order valence-electron chi connectivity index (χ4n) is 5.72. The Kier molecular flexibility index (Phi) is 3.94. The molecular weight excluding hydrogens is 388 g/mol. The predicted octanol–water partition coefficient (Wildman–Crippen LogP) is 2.99. The topological polar surface area (TPSA) is 59.3 Å². The summed E-state index contributed by atoms with van der Waals surface area (Å²) in [5.74, 6) is 2.59. The van der Waals surface area contributed by atoms with Crippen molar-refractivity contribution >= 4 is 16.7 Å². The molecule has 2 unspecified atom stereocenters. The molecule has 7 rings (SSSR count). The Morgan fingerprint density at radius 1 is 1.00 bits per heavy atom. The van der Waals surface area contributed by atoms with Gasteiger partial charge in [0.05, 0.1) is 18.3 Å². The lowest BCUT2D eigenvalue weighted by molar-refractivity contribution is 0.139. The minimum Gasteiger partial charge on any atom is -0.380 e. The number of anilines is 1. The summed E-state index contributed by atoms with van der Waals surface area (Å²) in [5, 5.41) is 5.84. The molecule has 2 saturated carbocycles. The van der Waals surface area contributed by atoms with Gasteiger partial charge in [-0.2, -0.15) is 5.10 Å². The van der Waals surface area contributed by atoms with Crippen LogP contribution in [0.2, 0.25) is 0 Å². The van der Waals surface area contributed by atoms with Gasteiger partial charge in [0.1, 0.15) is 12.1 Å². The standard InChI is InChI=1S/C24H28N6O/c1-2-18-14-27-30(21(18)11-17(1)20-13-24(20)4-5-24)23-12-22(25-16-26-23)29-8-6-28(7-9-29)19-3-10-31-15-19/h1-2,11-12,14,16,19-20H,3-10,13,15H2. The zero-order valence-electron chi connectivity index (χ0n) is 17.8. The van der Waals surface area contributed by atoms with Crippen molar-refractivity contribution in [2.45, 2.75) is 37.6 Å². The first kappa shape index (κ1) is 18.1. The van der Waals surface area contributed by atoms with Crippen molar-refractivity contribution in [1.29, 1.82) is 0 Å². The lowest BCUT2D eigenvalue weighted by Gasteiger charge is -2.38. The summed E-state index contributed by atoms with van der Waals surface area (Å²) in [4.78, 5) is 14.1. The summed E-state index contributed by atoms with van der Waals surface area (Å²) in [7, 11) is 0. The van der Waals surface area contributed by atoms with Gasteiger partial charge in [0, 0.05) is 50.3 Å². The van der Waals surface area contributed by atoms with Gasteiger partial charge in [-0.1, -0.05) is 12.1 Å². The number of hydrogen-bond acceptors (Lipinski definition) is 6. The van der Waals surface area contributed by atoms with Crippen LogP contribution >= 0.6 is 0 Å². The molecular formula is C24H28N6O. The third-order valence-corrected chi connectivity index (χ3v) is 7.99. The monoisotopic (exact) mass is 416 g/mol. The van der Waals surface area contributed by atoms with E-state index >= 15 is 0 Å². The zero-order valence-corrected chi connectivity index (χ0v) is 17.8. The summed E-state index contributed by atoms with van der Waals surface area (Å²) in [6, 6.07) is 9.54. The third-order valence-electron chi connectivity index (χ3n) is 7.99. The Labute approximate surface area is 182 Å². The fraction of sp³-hybridized carbons (Fsp3) is 0.542. The second-order valence-corrected chi connectivity index (χ2v) is 9.77. The highest BCUT2D eigenvalue weighted by Gasteiger charge is 2.62. The van der Waals surface area contributed by atoms with Crippen molar-refractivity contribution in [3.05, 3.63) is 42.4 Å². The highest BCUT2D eigenvalue weighted by molar-refractivity contribution is 5.81.